The largest absolute Gasteiger partial charge is 0.300 e. The molecule has 0 heterocycles. The van der Waals surface area contributed by atoms with E-state index < -0.39 is 0 Å². The van der Waals surface area contributed by atoms with E-state index in [2.05, 4.69) is 0 Å². The van der Waals surface area contributed by atoms with Crippen molar-refractivity contribution in [1.29, 1.82) is 0 Å². The first-order valence-electron chi connectivity index (χ1n) is 2.41. The number of rotatable bonds is 0. The first-order chi connectivity index (χ1) is 2.89. The Morgan fingerprint density at radius 2 is 1.67 bits per heavy atom. The Hall–Kier alpha value is -0.330. The van der Waals surface area contributed by atoms with Crippen molar-refractivity contribution in [3.8, 4) is 0 Å². The second-order valence-corrected chi connectivity index (χ2v) is 1.75. The highest BCUT2D eigenvalue weighted by molar-refractivity contribution is 5.79. The minimum atomic E-state index is 0.454. The van der Waals surface area contributed by atoms with Gasteiger partial charge in [0.05, 0.1) is 0 Å². The van der Waals surface area contributed by atoms with Crippen LogP contribution in [0.5, 0.6) is 0 Å². The van der Waals surface area contributed by atoms with Crippen molar-refractivity contribution in [2.24, 2.45) is 0 Å². The molecule has 1 aliphatic rings. The minimum absolute atomic E-state index is 0.454. The smallest absolute Gasteiger partial charge is 0.132 e. The maximum absolute atomic E-state index is 10.2. The minimum Gasteiger partial charge on any atom is -0.300 e. The molecule has 1 aliphatic carbocycles. The number of ketones is 1. The lowest BCUT2D eigenvalue weighted by Crippen LogP contribution is -1.81. The summed E-state index contributed by atoms with van der Waals surface area (Å²) in [7, 11) is 0. The van der Waals surface area contributed by atoms with E-state index in [9.17, 15) is 4.79 Å². The summed E-state index contributed by atoms with van der Waals surface area (Å²) in [6, 6.07) is 0. The predicted molar refractivity (Wildman–Crippen MR) is 23.5 cm³/mol. The fourth-order valence-electron chi connectivity index (χ4n) is 0.769. The summed E-state index contributed by atoms with van der Waals surface area (Å²) in [5.74, 6) is 0.454. The molecule has 34 valence electrons. The van der Waals surface area contributed by atoms with Crippen molar-refractivity contribution in [1.82, 2.24) is 0 Å². The van der Waals surface area contributed by atoms with Crippen LogP contribution >= 0.6 is 0 Å². The Morgan fingerprint density at radius 3 is 1.83 bits per heavy atom. The van der Waals surface area contributed by atoms with E-state index in [1.165, 1.54) is 0 Å². The molecule has 0 bridgehead atoms. The van der Waals surface area contributed by atoms with Crippen LogP contribution in [-0.4, -0.2) is 5.78 Å². The van der Waals surface area contributed by atoms with Crippen LogP contribution < -0.4 is 0 Å². The molecule has 1 heteroatoms. The summed E-state index contributed by atoms with van der Waals surface area (Å²) in [6.45, 7) is 0. The Morgan fingerprint density at radius 1 is 1.17 bits per heavy atom. The van der Waals surface area contributed by atoms with Crippen molar-refractivity contribution in [2.75, 3.05) is 0 Å². The van der Waals surface area contributed by atoms with Gasteiger partial charge in [-0.3, -0.25) is 4.79 Å². The molecule has 1 fully saturated rings. The summed E-state index contributed by atoms with van der Waals surface area (Å²) in [5.41, 5.74) is 0. The number of carbonyl (C=O) groups is 1. The van der Waals surface area contributed by atoms with Crippen LogP contribution in [0, 0.1) is 0 Å². The highest BCUT2D eigenvalue weighted by Gasteiger charge is 2.07. The Kier molecular flexibility index (Phi) is 0.906. The van der Waals surface area contributed by atoms with E-state index in [0.29, 0.717) is 5.78 Å². The molecule has 0 aromatic heterocycles. The molecule has 0 spiro atoms. The van der Waals surface area contributed by atoms with Gasteiger partial charge < -0.3 is 0 Å². The summed E-state index contributed by atoms with van der Waals surface area (Å²) in [5, 5.41) is 0. The molecular weight excluding hydrogens is 78.1 g/mol. The lowest BCUT2D eigenvalue weighted by atomic mass is 10.4. The second kappa shape index (κ2) is 1.41. The molecule has 0 aromatic carbocycles. The molecule has 0 saturated heterocycles. The van der Waals surface area contributed by atoms with Gasteiger partial charge in [0.15, 0.2) is 0 Å². The standard InChI is InChI=1S/C5H8O/c6-5-3-1-2-4-5/h1-4H2/i6+2. The highest BCUT2D eigenvalue weighted by atomic mass is 18.1. The molecule has 6 heavy (non-hydrogen) atoms. The molecule has 0 atom stereocenters. The van der Waals surface area contributed by atoms with Gasteiger partial charge >= 0.3 is 0 Å². The summed E-state index contributed by atoms with van der Waals surface area (Å²) >= 11 is 0. The van der Waals surface area contributed by atoms with Gasteiger partial charge in [0.25, 0.3) is 0 Å². The van der Waals surface area contributed by atoms with Crippen LogP contribution in [0.3, 0.4) is 0 Å². The zero-order valence-electron chi connectivity index (χ0n) is 3.74. The van der Waals surface area contributed by atoms with Gasteiger partial charge in [-0.15, -0.1) is 0 Å². The second-order valence-electron chi connectivity index (χ2n) is 1.75. The van der Waals surface area contributed by atoms with Gasteiger partial charge in [-0.25, -0.2) is 0 Å². The topological polar surface area (TPSA) is 17.1 Å². The Balaban J connectivity index is 2.37. The highest BCUT2D eigenvalue weighted by Crippen LogP contribution is 2.11. The molecule has 0 radical (unpaired) electrons. The maximum Gasteiger partial charge on any atom is 0.132 e. The summed E-state index contributed by atoms with van der Waals surface area (Å²) < 4.78 is 0. The average molecular weight is 86.1 g/mol. The van der Waals surface area contributed by atoms with Crippen LogP contribution in [-0.2, 0) is 4.79 Å². The van der Waals surface area contributed by atoms with Crippen molar-refractivity contribution >= 4 is 5.78 Å². The summed E-state index contributed by atoms with van der Waals surface area (Å²) in [6.07, 6.45) is 3.97. The number of hydrogen-bond donors (Lipinski definition) is 0. The van der Waals surface area contributed by atoms with E-state index in [0.717, 1.165) is 25.7 Å². The third kappa shape index (κ3) is 0.588. The van der Waals surface area contributed by atoms with Crippen LogP contribution in [0.1, 0.15) is 25.7 Å². The third-order valence-corrected chi connectivity index (χ3v) is 1.16. The lowest BCUT2D eigenvalue weighted by molar-refractivity contribution is -0.117. The monoisotopic (exact) mass is 86.1 g/mol. The van der Waals surface area contributed by atoms with Crippen LogP contribution in [0.25, 0.3) is 0 Å². The quantitative estimate of drug-likeness (QED) is 0.404. The zero-order valence-corrected chi connectivity index (χ0v) is 3.74. The van der Waals surface area contributed by atoms with E-state index in [1.807, 2.05) is 0 Å². The molecule has 1 nitrogen and oxygen atoms in total. The van der Waals surface area contributed by atoms with Crippen LogP contribution in [0.4, 0.5) is 0 Å². The molecule has 0 aliphatic heterocycles. The first-order valence-corrected chi connectivity index (χ1v) is 2.41. The number of carbonyl (C=O) groups excluding carboxylic acids is 1. The van der Waals surface area contributed by atoms with E-state index >= 15 is 0 Å². The molecule has 0 N–H and O–H groups in total. The Labute approximate surface area is 37.4 Å². The Bertz CT molecular complexity index is 58.3. The molecule has 0 unspecified atom stereocenters. The fraction of sp³-hybridized carbons (Fsp3) is 0.800. The molecule has 1 saturated carbocycles. The molecule has 0 aromatic rings. The van der Waals surface area contributed by atoms with Crippen molar-refractivity contribution in [2.45, 2.75) is 25.7 Å². The van der Waals surface area contributed by atoms with Crippen molar-refractivity contribution in [3.63, 3.8) is 0 Å². The van der Waals surface area contributed by atoms with Crippen LogP contribution in [0.15, 0.2) is 0 Å². The zero-order chi connectivity index (χ0) is 4.41. The first kappa shape index (κ1) is 3.85. The predicted octanol–water partition coefficient (Wildman–Crippen LogP) is 1.13. The van der Waals surface area contributed by atoms with E-state index in [-0.39, 0.29) is 0 Å². The molecular formula is C5H8O. The fourth-order valence-corrected chi connectivity index (χ4v) is 0.769. The van der Waals surface area contributed by atoms with Gasteiger partial charge in [0.1, 0.15) is 5.78 Å². The van der Waals surface area contributed by atoms with Gasteiger partial charge in [-0.2, -0.15) is 0 Å². The van der Waals surface area contributed by atoms with Gasteiger partial charge in [-0.1, -0.05) is 0 Å². The summed E-state index contributed by atoms with van der Waals surface area (Å²) in [4.78, 5) is 10.2. The van der Waals surface area contributed by atoms with Crippen LogP contribution in [0.2, 0.25) is 0 Å². The molecule has 0 amide bonds. The molecule has 1 rings (SSSR count). The number of hydrogen-bond acceptors (Lipinski definition) is 1. The van der Waals surface area contributed by atoms with E-state index in [1.54, 1.807) is 0 Å². The average Bonchev–Trinajstić information content (AvgIpc) is 1.86. The van der Waals surface area contributed by atoms with Crippen molar-refractivity contribution < 1.29 is 4.79 Å². The maximum atomic E-state index is 10.2. The third-order valence-electron chi connectivity index (χ3n) is 1.16. The number of Topliss-reactive ketones (excluding diaryl/α,β-unsaturated/α-hetero) is 1. The van der Waals surface area contributed by atoms with Gasteiger partial charge in [-0.05, 0) is 12.8 Å². The van der Waals surface area contributed by atoms with Crippen molar-refractivity contribution in [3.05, 3.63) is 0 Å². The van der Waals surface area contributed by atoms with Gasteiger partial charge in [0, 0.05) is 12.8 Å². The lowest BCUT2D eigenvalue weighted by Gasteiger charge is -1.71. The SMILES string of the molecule is [18O]=C1CCCC1. The normalized spacial score (nSPS) is 22.3. The van der Waals surface area contributed by atoms with Gasteiger partial charge in [0.2, 0.25) is 0 Å². The van der Waals surface area contributed by atoms with E-state index in [4.69, 9.17) is 0 Å².